The summed E-state index contributed by atoms with van der Waals surface area (Å²) in [5, 5.41) is 11.2. The highest BCUT2D eigenvalue weighted by Gasteiger charge is 2.05. The number of rotatable bonds is 5. The van der Waals surface area contributed by atoms with Crippen molar-refractivity contribution in [3.8, 4) is 16.9 Å². The van der Waals surface area contributed by atoms with Crippen LogP contribution in [0.15, 0.2) is 78.9 Å². The van der Waals surface area contributed by atoms with Crippen molar-refractivity contribution in [1.29, 1.82) is 0 Å². The SMILES string of the molecule is O=C([O-])c1ccccc1-c1ccc(OCc2ccccc2)cc1. The molecule has 0 aliphatic rings. The summed E-state index contributed by atoms with van der Waals surface area (Å²) in [6.45, 7) is 0.496. The van der Waals surface area contributed by atoms with Crippen molar-refractivity contribution < 1.29 is 14.6 Å². The minimum Gasteiger partial charge on any atom is -0.545 e. The molecule has 0 atom stereocenters. The van der Waals surface area contributed by atoms with E-state index in [1.54, 1.807) is 18.2 Å². The van der Waals surface area contributed by atoms with Crippen molar-refractivity contribution >= 4 is 5.97 Å². The Labute approximate surface area is 134 Å². The van der Waals surface area contributed by atoms with Crippen LogP contribution in [0.25, 0.3) is 11.1 Å². The highest BCUT2D eigenvalue weighted by molar-refractivity contribution is 5.94. The second-order valence-electron chi connectivity index (χ2n) is 5.13. The van der Waals surface area contributed by atoms with E-state index in [1.165, 1.54) is 0 Å². The van der Waals surface area contributed by atoms with Gasteiger partial charge in [0.05, 0.1) is 5.97 Å². The first-order valence-electron chi connectivity index (χ1n) is 7.31. The second kappa shape index (κ2) is 6.79. The fourth-order valence-corrected chi connectivity index (χ4v) is 2.38. The van der Waals surface area contributed by atoms with Crippen LogP contribution in [0.4, 0.5) is 0 Å². The van der Waals surface area contributed by atoms with Crippen molar-refractivity contribution in [3.63, 3.8) is 0 Å². The molecule has 0 aromatic heterocycles. The van der Waals surface area contributed by atoms with Gasteiger partial charge in [-0.15, -0.1) is 0 Å². The summed E-state index contributed by atoms with van der Waals surface area (Å²) >= 11 is 0. The average molecular weight is 303 g/mol. The Balaban J connectivity index is 1.76. The predicted molar refractivity (Wildman–Crippen MR) is 87.0 cm³/mol. The van der Waals surface area contributed by atoms with E-state index in [1.807, 2.05) is 60.7 Å². The summed E-state index contributed by atoms with van der Waals surface area (Å²) < 4.78 is 5.73. The van der Waals surface area contributed by atoms with E-state index >= 15 is 0 Å². The zero-order valence-corrected chi connectivity index (χ0v) is 12.4. The molecule has 0 radical (unpaired) electrons. The lowest BCUT2D eigenvalue weighted by Gasteiger charge is -2.11. The first-order valence-corrected chi connectivity index (χ1v) is 7.31. The van der Waals surface area contributed by atoms with Gasteiger partial charge >= 0.3 is 0 Å². The normalized spacial score (nSPS) is 10.3. The van der Waals surface area contributed by atoms with Crippen molar-refractivity contribution in [2.45, 2.75) is 6.61 Å². The third-order valence-electron chi connectivity index (χ3n) is 3.56. The van der Waals surface area contributed by atoms with E-state index in [2.05, 4.69) is 0 Å². The molecular formula is C20H15O3-. The van der Waals surface area contributed by atoms with E-state index in [0.29, 0.717) is 12.2 Å². The Bertz CT molecular complexity index is 793. The third kappa shape index (κ3) is 3.58. The number of carboxylic acids is 1. The van der Waals surface area contributed by atoms with Gasteiger partial charge in [-0.05, 0) is 28.8 Å². The minimum atomic E-state index is -1.18. The van der Waals surface area contributed by atoms with Gasteiger partial charge in [0, 0.05) is 5.56 Å². The topological polar surface area (TPSA) is 49.4 Å². The molecule has 0 bridgehead atoms. The molecule has 3 rings (SSSR count). The van der Waals surface area contributed by atoms with Crippen LogP contribution in [-0.2, 0) is 6.61 Å². The van der Waals surface area contributed by atoms with E-state index in [0.717, 1.165) is 16.9 Å². The molecule has 0 aliphatic carbocycles. The molecule has 0 amide bonds. The third-order valence-corrected chi connectivity index (χ3v) is 3.56. The lowest BCUT2D eigenvalue weighted by Crippen LogP contribution is -2.22. The molecule has 0 unspecified atom stereocenters. The van der Waals surface area contributed by atoms with E-state index in [-0.39, 0.29) is 5.56 Å². The molecule has 114 valence electrons. The van der Waals surface area contributed by atoms with Crippen LogP contribution in [-0.4, -0.2) is 5.97 Å². The molecule has 3 aromatic carbocycles. The molecule has 0 heterocycles. The van der Waals surface area contributed by atoms with Crippen molar-refractivity contribution in [2.24, 2.45) is 0 Å². The van der Waals surface area contributed by atoms with Crippen LogP contribution < -0.4 is 9.84 Å². The molecule has 0 saturated carbocycles. The molecular weight excluding hydrogens is 288 g/mol. The maximum absolute atomic E-state index is 11.2. The lowest BCUT2D eigenvalue weighted by atomic mass is 10.00. The minimum absolute atomic E-state index is 0.186. The fourth-order valence-electron chi connectivity index (χ4n) is 2.38. The van der Waals surface area contributed by atoms with Crippen LogP contribution in [0, 0.1) is 0 Å². The number of ether oxygens (including phenoxy) is 1. The van der Waals surface area contributed by atoms with Gasteiger partial charge in [0.25, 0.3) is 0 Å². The first-order chi connectivity index (χ1) is 11.2. The summed E-state index contributed by atoms with van der Waals surface area (Å²) in [5.74, 6) is -0.437. The van der Waals surface area contributed by atoms with Crippen LogP contribution in [0.1, 0.15) is 15.9 Å². The van der Waals surface area contributed by atoms with Gasteiger partial charge in [-0.25, -0.2) is 0 Å². The summed E-state index contributed by atoms with van der Waals surface area (Å²) in [6, 6.07) is 24.1. The standard InChI is InChI=1S/C20H16O3/c21-20(22)19-9-5-4-8-18(19)16-10-12-17(13-11-16)23-14-15-6-2-1-3-7-15/h1-13H,14H2,(H,21,22)/p-1. The van der Waals surface area contributed by atoms with E-state index in [4.69, 9.17) is 4.74 Å². The van der Waals surface area contributed by atoms with Gasteiger partial charge in [0.1, 0.15) is 12.4 Å². The van der Waals surface area contributed by atoms with E-state index < -0.39 is 5.97 Å². The summed E-state index contributed by atoms with van der Waals surface area (Å²) in [5.41, 5.74) is 2.74. The highest BCUT2D eigenvalue weighted by Crippen LogP contribution is 2.25. The Morgan fingerprint density at radius 1 is 0.826 bits per heavy atom. The Kier molecular flexibility index (Phi) is 4.39. The zero-order chi connectivity index (χ0) is 16.1. The monoisotopic (exact) mass is 303 g/mol. The number of aromatic carboxylic acids is 1. The van der Waals surface area contributed by atoms with E-state index in [9.17, 15) is 9.90 Å². The van der Waals surface area contributed by atoms with Gasteiger partial charge in [0.2, 0.25) is 0 Å². The van der Waals surface area contributed by atoms with Gasteiger partial charge < -0.3 is 14.6 Å². The van der Waals surface area contributed by atoms with Crippen LogP contribution >= 0.6 is 0 Å². The Morgan fingerprint density at radius 2 is 1.48 bits per heavy atom. The van der Waals surface area contributed by atoms with Gasteiger partial charge in [0.15, 0.2) is 0 Å². The number of carboxylic acid groups (broad SMARTS) is 1. The number of hydrogen-bond acceptors (Lipinski definition) is 3. The molecule has 0 saturated heterocycles. The van der Waals surface area contributed by atoms with Gasteiger partial charge in [-0.2, -0.15) is 0 Å². The molecule has 3 aromatic rings. The van der Waals surface area contributed by atoms with Crippen LogP contribution in [0.5, 0.6) is 5.75 Å². The molecule has 3 nitrogen and oxygen atoms in total. The van der Waals surface area contributed by atoms with Crippen molar-refractivity contribution in [2.75, 3.05) is 0 Å². The largest absolute Gasteiger partial charge is 0.545 e. The fraction of sp³-hybridized carbons (Fsp3) is 0.0500. The number of hydrogen-bond donors (Lipinski definition) is 0. The first kappa shape index (κ1) is 14.9. The van der Waals surface area contributed by atoms with Crippen molar-refractivity contribution in [1.82, 2.24) is 0 Å². The Morgan fingerprint density at radius 3 is 2.17 bits per heavy atom. The molecule has 23 heavy (non-hydrogen) atoms. The van der Waals surface area contributed by atoms with Crippen molar-refractivity contribution in [3.05, 3.63) is 90.0 Å². The number of carbonyl (C=O) groups is 1. The van der Waals surface area contributed by atoms with Gasteiger partial charge in [-0.1, -0.05) is 66.7 Å². The molecule has 0 aliphatic heterocycles. The van der Waals surface area contributed by atoms with Crippen LogP contribution in [0.2, 0.25) is 0 Å². The predicted octanol–water partition coefficient (Wildman–Crippen LogP) is 3.30. The summed E-state index contributed by atoms with van der Waals surface area (Å²) in [7, 11) is 0. The summed E-state index contributed by atoms with van der Waals surface area (Å²) in [4.78, 5) is 11.2. The van der Waals surface area contributed by atoms with Gasteiger partial charge in [-0.3, -0.25) is 0 Å². The second-order valence-corrected chi connectivity index (χ2v) is 5.13. The zero-order valence-electron chi connectivity index (χ0n) is 12.4. The molecule has 3 heteroatoms. The summed E-state index contributed by atoms with van der Waals surface area (Å²) in [6.07, 6.45) is 0. The number of benzene rings is 3. The smallest absolute Gasteiger partial charge is 0.119 e. The lowest BCUT2D eigenvalue weighted by molar-refractivity contribution is -0.254. The maximum atomic E-state index is 11.2. The number of carbonyl (C=O) groups excluding carboxylic acids is 1. The Hall–Kier alpha value is -3.07. The van der Waals surface area contributed by atoms with Crippen LogP contribution in [0.3, 0.4) is 0 Å². The maximum Gasteiger partial charge on any atom is 0.119 e. The molecule has 0 N–H and O–H groups in total. The highest BCUT2D eigenvalue weighted by atomic mass is 16.5. The quantitative estimate of drug-likeness (QED) is 0.726. The molecule has 0 fully saturated rings. The molecule has 0 spiro atoms. The average Bonchev–Trinajstić information content (AvgIpc) is 2.61.